The largest absolute Gasteiger partial charge is 0.325 e. The Morgan fingerprint density at radius 2 is 1.12 bits per heavy atom. The van der Waals surface area contributed by atoms with Crippen LogP contribution in [0.1, 0.15) is 54.4 Å². The molecular weight excluding hydrogens is 224 g/mol. The zero-order valence-electron chi connectivity index (χ0n) is 12.9. The van der Waals surface area contributed by atoms with Gasteiger partial charge in [-0.2, -0.15) is 0 Å². The molecule has 0 heterocycles. The molecule has 3 heteroatoms. The van der Waals surface area contributed by atoms with Gasteiger partial charge < -0.3 is 9.96 Å². The normalized spacial score (nSPS) is 12.7. The zero-order valence-corrected chi connectivity index (χ0v) is 13.9. The summed E-state index contributed by atoms with van der Waals surface area (Å²) in [5.74, 6) is 1.57. The maximum atomic E-state index is 3.91. The molecule has 0 aromatic heterocycles. The molecule has 0 fully saturated rings. The van der Waals surface area contributed by atoms with Gasteiger partial charge in [-0.3, -0.25) is 0 Å². The first-order valence-corrected chi connectivity index (χ1v) is 9.87. The molecule has 17 heavy (non-hydrogen) atoms. The van der Waals surface area contributed by atoms with Gasteiger partial charge in [-0.1, -0.05) is 41.5 Å². The molecule has 0 aromatic rings. The second-order valence-corrected chi connectivity index (χ2v) is 9.82. The quantitative estimate of drug-likeness (QED) is 0.583. The predicted molar refractivity (Wildman–Crippen MR) is 81.6 cm³/mol. The van der Waals surface area contributed by atoms with Gasteiger partial charge in [0.25, 0.3) is 0 Å². The average Bonchev–Trinajstić information content (AvgIpc) is 2.22. The van der Waals surface area contributed by atoms with E-state index < -0.39 is 8.40 Å². The highest BCUT2D eigenvalue weighted by Crippen LogP contribution is 2.20. The Morgan fingerprint density at radius 3 is 1.35 bits per heavy atom. The Kier molecular flexibility index (Phi) is 9.19. The van der Waals surface area contributed by atoms with Gasteiger partial charge in [0.15, 0.2) is 0 Å². The van der Waals surface area contributed by atoms with E-state index >= 15 is 0 Å². The van der Waals surface area contributed by atoms with E-state index in [1.807, 2.05) is 0 Å². The molecule has 0 aromatic carbocycles. The smallest absolute Gasteiger partial charge is 0.201 e. The van der Waals surface area contributed by atoms with Crippen molar-refractivity contribution >= 4 is 8.40 Å². The Bertz CT molecular complexity index is 161. The van der Waals surface area contributed by atoms with Gasteiger partial charge in [0.05, 0.1) is 0 Å². The van der Waals surface area contributed by atoms with Crippen LogP contribution in [-0.4, -0.2) is 21.5 Å². The molecule has 104 valence electrons. The van der Waals surface area contributed by atoms with Crippen molar-refractivity contribution < 1.29 is 0 Å². The summed E-state index contributed by atoms with van der Waals surface area (Å²) in [6, 6.07) is 2.70. The monoisotopic (exact) mass is 258 g/mol. The predicted octanol–water partition coefficient (Wildman–Crippen LogP) is 3.74. The zero-order chi connectivity index (χ0) is 13.3. The molecule has 0 atom stereocenters. The molecule has 0 aliphatic rings. The van der Waals surface area contributed by atoms with Crippen LogP contribution >= 0.6 is 0 Å². The van der Waals surface area contributed by atoms with Crippen molar-refractivity contribution in [1.82, 2.24) is 9.96 Å². The van der Waals surface area contributed by atoms with Crippen LogP contribution in [0.4, 0.5) is 0 Å². The Morgan fingerprint density at radius 1 is 0.765 bits per heavy atom. The first-order chi connectivity index (χ1) is 7.95. The molecule has 0 aliphatic carbocycles. The fourth-order valence-electron chi connectivity index (χ4n) is 2.56. The van der Waals surface area contributed by atoms with E-state index in [9.17, 15) is 0 Å². The van der Waals surface area contributed by atoms with Crippen LogP contribution in [0.5, 0.6) is 0 Å². The molecule has 2 N–H and O–H groups in total. The van der Waals surface area contributed by atoms with Crippen molar-refractivity contribution in [2.75, 3.05) is 13.1 Å². The first kappa shape index (κ1) is 17.1. The van der Waals surface area contributed by atoms with Gasteiger partial charge >= 0.3 is 0 Å². The van der Waals surface area contributed by atoms with Crippen LogP contribution < -0.4 is 9.96 Å². The highest BCUT2D eigenvalue weighted by Gasteiger charge is 2.33. The molecule has 0 saturated heterocycles. The molecule has 0 spiro atoms. The lowest BCUT2D eigenvalue weighted by atomic mass is 10.3. The van der Waals surface area contributed by atoms with E-state index in [4.69, 9.17) is 0 Å². The third-order valence-corrected chi connectivity index (χ3v) is 7.82. The van der Waals surface area contributed by atoms with Crippen molar-refractivity contribution in [2.24, 2.45) is 11.8 Å². The third-order valence-electron chi connectivity index (χ3n) is 2.94. The highest BCUT2D eigenvalue weighted by atomic mass is 28.3. The van der Waals surface area contributed by atoms with Crippen LogP contribution in [0.2, 0.25) is 12.1 Å². The summed E-state index contributed by atoms with van der Waals surface area (Å²) < 4.78 is 0. The minimum atomic E-state index is -1.46. The number of nitrogens with one attached hydrogen (secondary N) is 2. The molecule has 0 radical (unpaired) electrons. The van der Waals surface area contributed by atoms with Crippen molar-refractivity contribution in [2.45, 2.75) is 66.5 Å². The average molecular weight is 259 g/mol. The fourth-order valence-corrected chi connectivity index (χ4v) is 7.67. The Hall–Kier alpha value is 0.137. The van der Waals surface area contributed by atoms with Gasteiger partial charge in [-0.05, 0) is 49.9 Å². The first-order valence-electron chi connectivity index (χ1n) is 7.45. The minimum absolute atomic E-state index is 0.786. The van der Waals surface area contributed by atoms with E-state index in [2.05, 4.69) is 51.5 Å². The van der Waals surface area contributed by atoms with Crippen molar-refractivity contribution in [3.05, 3.63) is 0 Å². The molecule has 0 rings (SSSR count). The SMILES string of the molecule is CCCN[Si](CC(C)C)(CC(C)C)NCCC. The summed E-state index contributed by atoms with van der Waals surface area (Å²) in [6.07, 6.45) is 2.47. The lowest BCUT2D eigenvalue weighted by molar-refractivity contribution is 0.624. The van der Waals surface area contributed by atoms with E-state index in [0.717, 1.165) is 11.8 Å². The van der Waals surface area contributed by atoms with Crippen LogP contribution in [0.3, 0.4) is 0 Å². The van der Waals surface area contributed by atoms with Crippen molar-refractivity contribution in [3.8, 4) is 0 Å². The van der Waals surface area contributed by atoms with Crippen molar-refractivity contribution in [1.29, 1.82) is 0 Å². The molecule has 0 aliphatic heterocycles. The fraction of sp³-hybridized carbons (Fsp3) is 1.00. The van der Waals surface area contributed by atoms with Gasteiger partial charge in [-0.25, -0.2) is 0 Å². The van der Waals surface area contributed by atoms with Crippen LogP contribution in [0, 0.1) is 11.8 Å². The van der Waals surface area contributed by atoms with Crippen LogP contribution in [0.25, 0.3) is 0 Å². The Labute approximate surface area is 110 Å². The summed E-state index contributed by atoms with van der Waals surface area (Å²) in [6.45, 7) is 16.3. The lowest BCUT2D eigenvalue weighted by Gasteiger charge is -2.36. The molecule has 2 nitrogen and oxygen atoms in total. The van der Waals surface area contributed by atoms with Gasteiger partial charge in [0, 0.05) is 0 Å². The summed E-state index contributed by atoms with van der Waals surface area (Å²) >= 11 is 0. The highest BCUT2D eigenvalue weighted by molar-refractivity contribution is 6.75. The van der Waals surface area contributed by atoms with Crippen molar-refractivity contribution in [3.63, 3.8) is 0 Å². The van der Waals surface area contributed by atoms with Gasteiger partial charge in [0.1, 0.15) is 0 Å². The summed E-state index contributed by atoms with van der Waals surface area (Å²) in [5, 5.41) is 0. The molecule has 0 amide bonds. The van der Waals surface area contributed by atoms with Crippen LogP contribution in [0.15, 0.2) is 0 Å². The lowest BCUT2D eigenvalue weighted by Crippen LogP contribution is -2.63. The maximum Gasteiger partial charge on any atom is 0.201 e. The molecular formula is C14H34N2Si. The third kappa shape index (κ3) is 7.95. The second kappa shape index (κ2) is 9.12. The van der Waals surface area contributed by atoms with E-state index in [0.29, 0.717) is 0 Å². The summed E-state index contributed by atoms with van der Waals surface area (Å²) in [5.41, 5.74) is 0. The topological polar surface area (TPSA) is 24.1 Å². The summed E-state index contributed by atoms with van der Waals surface area (Å²) in [7, 11) is -1.46. The standard InChI is InChI=1S/C14H34N2Si/c1-7-9-15-17(11-13(3)4,12-14(5)6)16-10-8-2/h13-16H,7-12H2,1-6H3. The Balaban J connectivity index is 4.63. The second-order valence-electron chi connectivity index (χ2n) is 6.13. The van der Waals surface area contributed by atoms with E-state index in [1.165, 1.54) is 38.0 Å². The van der Waals surface area contributed by atoms with E-state index in [1.54, 1.807) is 0 Å². The van der Waals surface area contributed by atoms with Gasteiger partial charge in [-0.15, -0.1) is 0 Å². The van der Waals surface area contributed by atoms with Gasteiger partial charge in [0.2, 0.25) is 8.40 Å². The number of hydrogen-bond donors (Lipinski definition) is 2. The molecule has 0 saturated carbocycles. The number of rotatable bonds is 10. The molecule has 0 unspecified atom stereocenters. The molecule has 0 bridgehead atoms. The minimum Gasteiger partial charge on any atom is -0.325 e. The summed E-state index contributed by atoms with van der Waals surface area (Å²) in [4.78, 5) is 7.82. The van der Waals surface area contributed by atoms with Crippen LogP contribution in [-0.2, 0) is 0 Å². The van der Waals surface area contributed by atoms with E-state index in [-0.39, 0.29) is 0 Å². The maximum absolute atomic E-state index is 3.91. The number of hydrogen-bond acceptors (Lipinski definition) is 2.